The van der Waals surface area contributed by atoms with Crippen LogP contribution in [0.25, 0.3) is 6.08 Å². The molecular weight excluding hydrogens is 224 g/mol. The zero-order chi connectivity index (χ0) is 13.0. The summed E-state index contributed by atoms with van der Waals surface area (Å²) in [5.74, 6) is 0.979. The van der Waals surface area contributed by atoms with E-state index in [1.54, 1.807) is 12.3 Å². The van der Waals surface area contributed by atoms with Crippen molar-refractivity contribution in [2.45, 2.75) is 13.0 Å². The minimum Gasteiger partial charge on any atom is -0.482 e. The molecule has 92 valence electrons. The summed E-state index contributed by atoms with van der Waals surface area (Å²) in [6.45, 7) is 5.68. The van der Waals surface area contributed by atoms with Crippen LogP contribution in [0.5, 0.6) is 5.75 Å². The number of anilines is 1. The smallest absolute Gasteiger partial charge is 0.166 e. The minimum absolute atomic E-state index is 0.0737. The average molecular weight is 240 g/mol. The van der Waals surface area contributed by atoms with Crippen molar-refractivity contribution in [3.05, 3.63) is 60.3 Å². The number of hydrogen-bond acceptors (Lipinski definition) is 3. The quantitative estimate of drug-likeness (QED) is 0.890. The molecule has 2 rings (SSSR count). The molecule has 0 aliphatic carbocycles. The third kappa shape index (κ3) is 2.69. The predicted molar refractivity (Wildman–Crippen MR) is 74.2 cm³/mol. The monoisotopic (exact) mass is 240 g/mol. The second-order valence-electron chi connectivity index (χ2n) is 4.03. The fourth-order valence-electron chi connectivity index (χ4n) is 1.66. The van der Waals surface area contributed by atoms with E-state index in [9.17, 15) is 0 Å². The van der Waals surface area contributed by atoms with E-state index in [0.717, 1.165) is 11.1 Å². The van der Waals surface area contributed by atoms with E-state index in [1.807, 2.05) is 43.3 Å². The van der Waals surface area contributed by atoms with Gasteiger partial charge in [-0.3, -0.25) is 0 Å². The van der Waals surface area contributed by atoms with E-state index in [4.69, 9.17) is 10.5 Å². The lowest BCUT2D eigenvalue weighted by molar-refractivity contribution is 0.227. The van der Waals surface area contributed by atoms with Gasteiger partial charge < -0.3 is 10.5 Å². The Labute approximate surface area is 107 Å². The molecule has 0 amide bonds. The lowest BCUT2D eigenvalue weighted by Gasteiger charge is -2.16. The van der Waals surface area contributed by atoms with Crippen molar-refractivity contribution in [3.8, 4) is 5.75 Å². The summed E-state index contributed by atoms with van der Waals surface area (Å²) in [5, 5.41) is 0. The second kappa shape index (κ2) is 5.36. The fourth-order valence-corrected chi connectivity index (χ4v) is 1.66. The maximum atomic E-state index is 5.84. The van der Waals surface area contributed by atoms with Gasteiger partial charge in [-0.25, -0.2) is 4.98 Å². The van der Waals surface area contributed by atoms with Gasteiger partial charge in [0.1, 0.15) is 6.10 Å². The first-order valence-corrected chi connectivity index (χ1v) is 5.80. The van der Waals surface area contributed by atoms with Crippen LogP contribution < -0.4 is 10.5 Å². The third-order valence-corrected chi connectivity index (χ3v) is 2.71. The van der Waals surface area contributed by atoms with Gasteiger partial charge in [0.25, 0.3) is 0 Å². The lowest BCUT2D eigenvalue weighted by atomic mass is 10.1. The summed E-state index contributed by atoms with van der Waals surface area (Å²) >= 11 is 0. The minimum atomic E-state index is -0.0737. The highest BCUT2D eigenvalue weighted by Crippen LogP contribution is 2.26. The molecule has 1 heterocycles. The van der Waals surface area contributed by atoms with Crippen molar-refractivity contribution in [2.75, 3.05) is 5.73 Å². The van der Waals surface area contributed by atoms with E-state index >= 15 is 0 Å². The van der Waals surface area contributed by atoms with Crippen LogP contribution in [-0.2, 0) is 0 Å². The predicted octanol–water partition coefficient (Wildman–Crippen LogP) is 3.45. The Bertz CT molecular complexity index is 537. The first-order valence-electron chi connectivity index (χ1n) is 5.80. The van der Waals surface area contributed by atoms with Crippen LogP contribution >= 0.6 is 0 Å². The number of nitrogens with two attached hydrogens (primary N) is 1. The van der Waals surface area contributed by atoms with E-state index in [2.05, 4.69) is 11.6 Å². The van der Waals surface area contributed by atoms with Gasteiger partial charge in [0.05, 0.1) is 0 Å². The summed E-state index contributed by atoms with van der Waals surface area (Å²) in [7, 11) is 0. The van der Waals surface area contributed by atoms with Crippen LogP contribution in [0.15, 0.2) is 49.2 Å². The molecule has 0 saturated carbocycles. The average Bonchev–Trinajstić information content (AvgIpc) is 2.42. The van der Waals surface area contributed by atoms with Crippen molar-refractivity contribution in [1.29, 1.82) is 0 Å². The van der Waals surface area contributed by atoms with Crippen molar-refractivity contribution in [2.24, 2.45) is 0 Å². The molecule has 3 heteroatoms. The second-order valence-corrected chi connectivity index (χ2v) is 4.03. The molecular formula is C15H16N2O. The highest BCUT2D eigenvalue weighted by molar-refractivity contribution is 5.55. The SMILES string of the molecule is C=Cc1cnc(N)c(OC(C)c2ccccc2)c1. The number of nitrogen functional groups attached to an aromatic ring is 1. The molecule has 1 aromatic carbocycles. The van der Waals surface area contributed by atoms with Gasteiger partial charge in [0.15, 0.2) is 11.6 Å². The Morgan fingerprint density at radius 2 is 2.06 bits per heavy atom. The van der Waals surface area contributed by atoms with Crippen LogP contribution in [-0.4, -0.2) is 4.98 Å². The van der Waals surface area contributed by atoms with E-state index < -0.39 is 0 Å². The summed E-state index contributed by atoms with van der Waals surface area (Å²) < 4.78 is 5.84. The number of pyridine rings is 1. The topological polar surface area (TPSA) is 48.1 Å². The van der Waals surface area contributed by atoms with Gasteiger partial charge in [-0.05, 0) is 24.1 Å². The molecule has 0 fully saturated rings. The first kappa shape index (κ1) is 12.2. The Morgan fingerprint density at radius 3 is 2.72 bits per heavy atom. The summed E-state index contributed by atoms with van der Waals surface area (Å²) in [6, 6.07) is 11.8. The molecule has 2 N–H and O–H groups in total. The van der Waals surface area contributed by atoms with Crippen LogP contribution in [0, 0.1) is 0 Å². The molecule has 3 nitrogen and oxygen atoms in total. The number of nitrogens with zero attached hydrogens (tertiary/aromatic N) is 1. The van der Waals surface area contributed by atoms with Crippen molar-refractivity contribution < 1.29 is 4.74 Å². The van der Waals surface area contributed by atoms with Crippen LogP contribution in [0.4, 0.5) is 5.82 Å². The van der Waals surface area contributed by atoms with Crippen LogP contribution in [0.3, 0.4) is 0 Å². The summed E-state index contributed by atoms with van der Waals surface area (Å²) in [4.78, 5) is 4.08. The number of rotatable bonds is 4. The molecule has 0 aliphatic rings. The maximum absolute atomic E-state index is 5.84. The van der Waals surface area contributed by atoms with Gasteiger partial charge in [0.2, 0.25) is 0 Å². The Hall–Kier alpha value is -2.29. The molecule has 0 saturated heterocycles. The third-order valence-electron chi connectivity index (χ3n) is 2.71. The zero-order valence-electron chi connectivity index (χ0n) is 10.3. The molecule has 0 bridgehead atoms. The van der Waals surface area contributed by atoms with Gasteiger partial charge in [-0.15, -0.1) is 0 Å². The summed E-state index contributed by atoms with van der Waals surface area (Å²) in [5.41, 5.74) is 7.79. The highest BCUT2D eigenvalue weighted by Gasteiger charge is 2.09. The molecule has 2 aromatic rings. The Kier molecular flexibility index (Phi) is 3.63. The first-order chi connectivity index (χ1) is 8.70. The lowest BCUT2D eigenvalue weighted by Crippen LogP contribution is -2.05. The Morgan fingerprint density at radius 1 is 1.33 bits per heavy atom. The van der Waals surface area contributed by atoms with Gasteiger partial charge in [0, 0.05) is 6.20 Å². The van der Waals surface area contributed by atoms with Crippen molar-refractivity contribution >= 4 is 11.9 Å². The standard InChI is InChI=1S/C15H16N2O/c1-3-12-9-14(15(16)17-10-12)18-11(2)13-7-5-4-6-8-13/h3-11H,1H2,2H3,(H2,16,17). The van der Waals surface area contributed by atoms with E-state index in [0.29, 0.717) is 11.6 Å². The van der Waals surface area contributed by atoms with Crippen LogP contribution in [0.1, 0.15) is 24.2 Å². The molecule has 18 heavy (non-hydrogen) atoms. The largest absolute Gasteiger partial charge is 0.482 e. The number of hydrogen-bond donors (Lipinski definition) is 1. The van der Waals surface area contributed by atoms with Crippen LogP contribution in [0.2, 0.25) is 0 Å². The number of benzene rings is 1. The van der Waals surface area contributed by atoms with E-state index in [-0.39, 0.29) is 6.10 Å². The molecule has 1 aromatic heterocycles. The van der Waals surface area contributed by atoms with Gasteiger partial charge in [-0.2, -0.15) is 0 Å². The fraction of sp³-hybridized carbons (Fsp3) is 0.133. The molecule has 1 atom stereocenters. The van der Waals surface area contributed by atoms with E-state index in [1.165, 1.54) is 0 Å². The molecule has 0 spiro atoms. The molecule has 0 aliphatic heterocycles. The number of ether oxygens (including phenoxy) is 1. The molecule has 0 radical (unpaired) electrons. The number of aromatic nitrogens is 1. The van der Waals surface area contributed by atoms with Gasteiger partial charge >= 0.3 is 0 Å². The highest BCUT2D eigenvalue weighted by atomic mass is 16.5. The van der Waals surface area contributed by atoms with Gasteiger partial charge in [-0.1, -0.05) is 43.0 Å². The maximum Gasteiger partial charge on any atom is 0.166 e. The summed E-state index contributed by atoms with van der Waals surface area (Å²) in [6.07, 6.45) is 3.31. The Balaban J connectivity index is 2.21. The normalized spacial score (nSPS) is 11.8. The van der Waals surface area contributed by atoms with Crippen molar-refractivity contribution in [1.82, 2.24) is 4.98 Å². The molecule has 1 unspecified atom stereocenters. The zero-order valence-corrected chi connectivity index (χ0v) is 10.3. The van der Waals surface area contributed by atoms with Crippen molar-refractivity contribution in [3.63, 3.8) is 0 Å².